The zero-order valence-corrected chi connectivity index (χ0v) is 20.2. The number of amides is 1. The number of nitrogens with one attached hydrogen (secondary N) is 1. The average Bonchev–Trinajstić information content (AvgIpc) is 3.45. The summed E-state index contributed by atoms with van der Waals surface area (Å²) >= 11 is 1.64. The Bertz CT molecular complexity index is 808. The first-order valence-corrected chi connectivity index (χ1v) is 10.9. The second kappa shape index (κ2) is 10.1. The monoisotopic (exact) mass is 531 g/mol. The molecule has 8 nitrogen and oxygen atoms in total. The molecule has 1 N–H and O–H groups in total. The van der Waals surface area contributed by atoms with Crippen molar-refractivity contribution >= 4 is 52.1 Å². The highest BCUT2D eigenvalue weighted by molar-refractivity contribution is 14.0. The maximum Gasteiger partial charge on any atom is 0.239 e. The molecule has 2 aromatic rings. The highest BCUT2D eigenvalue weighted by Gasteiger charge is 2.30. The third-order valence-corrected chi connectivity index (χ3v) is 6.49. The number of piperazine rings is 1. The first-order valence-electron chi connectivity index (χ1n) is 10.0. The summed E-state index contributed by atoms with van der Waals surface area (Å²) in [6.45, 7) is 8.05. The smallest absolute Gasteiger partial charge is 0.239 e. The van der Waals surface area contributed by atoms with E-state index in [9.17, 15) is 4.79 Å². The number of likely N-dealkylation sites (tertiary alicyclic amines) is 1. The van der Waals surface area contributed by atoms with Crippen LogP contribution in [0.5, 0.6) is 0 Å². The fourth-order valence-electron chi connectivity index (χ4n) is 4.04. The van der Waals surface area contributed by atoms with Gasteiger partial charge in [-0.1, -0.05) is 0 Å². The van der Waals surface area contributed by atoms with Crippen LogP contribution in [0.4, 0.5) is 0 Å². The molecular formula is C19H30IN7OS. The molecule has 0 aliphatic carbocycles. The Morgan fingerprint density at radius 1 is 1.21 bits per heavy atom. The number of rotatable bonds is 4. The van der Waals surface area contributed by atoms with Gasteiger partial charge in [-0.2, -0.15) is 0 Å². The molecule has 1 amide bonds. The minimum Gasteiger partial charge on any atom is -0.351 e. The molecule has 2 aliphatic heterocycles. The second-order valence-corrected chi connectivity index (χ2v) is 8.33. The Morgan fingerprint density at radius 2 is 1.93 bits per heavy atom. The number of aromatic nitrogens is 2. The molecule has 2 fully saturated rings. The number of nitrogens with zero attached hydrogens (tertiary/aromatic N) is 6. The van der Waals surface area contributed by atoms with Crippen LogP contribution in [0.2, 0.25) is 0 Å². The topological polar surface area (TPSA) is 68.5 Å². The van der Waals surface area contributed by atoms with E-state index in [0.717, 1.165) is 68.7 Å². The van der Waals surface area contributed by atoms with Crippen LogP contribution in [-0.2, 0) is 11.3 Å². The number of hydrogen-bond acceptors (Lipinski definition) is 5. The van der Waals surface area contributed by atoms with E-state index in [4.69, 9.17) is 0 Å². The third kappa shape index (κ3) is 5.02. The van der Waals surface area contributed by atoms with Gasteiger partial charge >= 0.3 is 0 Å². The molecule has 2 aliphatic rings. The van der Waals surface area contributed by atoms with Gasteiger partial charge in [-0.05, 0) is 19.8 Å². The van der Waals surface area contributed by atoms with Gasteiger partial charge in [-0.3, -0.25) is 19.1 Å². The van der Waals surface area contributed by atoms with Crippen molar-refractivity contribution in [3.05, 3.63) is 23.5 Å². The van der Waals surface area contributed by atoms with Crippen molar-refractivity contribution in [1.82, 2.24) is 29.4 Å². The maximum absolute atomic E-state index is 12.7. The average molecular weight is 531 g/mol. The Hall–Kier alpha value is -1.40. The molecule has 2 saturated heterocycles. The maximum atomic E-state index is 12.7. The van der Waals surface area contributed by atoms with Gasteiger partial charge in [-0.15, -0.1) is 35.3 Å². The predicted molar refractivity (Wildman–Crippen MR) is 127 cm³/mol. The molecule has 29 heavy (non-hydrogen) atoms. The van der Waals surface area contributed by atoms with Crippen molar-refractivity contribution in [3.8, 4) is 0 Å². The lowest BCUT2D eigenvalue weighted by Gasteiger charge is -2.39. The van der Waals surface area contributed by atoms with Crippen molar-refractivity contribution in [2.45, 2.75) is 32.4 Å². The summed E-state index contributed by atoms with van der Waals surface area (Å²) in [6.07, 6.45) is 6.36. The minimum atomic E-state index is -0.0336. The zero-order chi connectivity index (χ0) is 19.5. The molecule has 2 aromatic heterocycles. The molecule has 0 bridgehead atoms. The van der Waals surface area contributed by atoms with E-state index in [-0.39, 0.29) is 35.9 Å². The first kappa shape index (κ1) is 22.3. The number of fused-ring (bicyclic) bond motifs is 1. The van der Waals surface area contributed by atoms with Crippen molar-refractivity contribution in [2.75, 3.05) is 46.3 Å². The van der Waals surface area contributed by atoms with Crippen LogP contribution in [-0.4, -0.2) is 88.3 Å². The summed E-state index contributed by atoms with van der Waals surface area (Å²) in [7, 11) is 1.82. The standard InChI is InChI=1S/C19H29N7OS.HI/c1-15(17(27)24-5-3-4-6-24)23-7-9-25(10-8-23)18(20-2)21-13-16-14-26-11-12-28-19(26)22-16;/h11-12,14-15H,3-10,13H2,1-2H3,(H,20,21);1H. The van der Waals surface area contributed by atoms with Crippen LogP contribution in [0.25, 0.3) is 4.96 Å². The number of halogens is 1. The van der Waals surface area contributed by atoms with Gasteiger partial charge in [0.2, 0.25) is 5.91 Å². The molecule has 0 spiro atoms. The van der Waals surface area contributed by atoms with Crippen LogP contribution in [0.1, 0.15) is 25.5 Å². The summed E-state index contributed by atoms with van der Waals surface area (Å²) in [5.74, 6) is 1.18. The van der Waals surface area contributed by atoms with E-state index in [0.29, 0.717) is 6.54 Å². The quantitative estimate of drug-likeness (QED) is 0.370. The fourth-order valence-corrected chi connectivity index (χ4v) is 4.76. The molecule has 1 atom stereocenters. The van der Waals surface area contributed by atoms with Crippen LogP contribution in [0, 0.1) is 0 Å². The van der Waals surface area contributed by atoms with Gasteiger partial charge in [0.25, 0.3) is 0 Å². The summed E-state index contributed by atoms with van der Waals surface area (Å²) in [4.78, 5) is 29.3. The summed E-state index contributed by atoms with van der Waals surface area (Å²) in [5, 5.41) is 5.46. The normalized spacial score (nSPS) is 19.4. The zero-order valence-electron chi connectivity index (χ0n) is 17.1. The van der Waals surface area contributed by atoms with Gasteiger partial charge in [0.15, 0.2) is 10.9 Å². The van der Waals surface area contributed by atoms with E-state index >= 15 is 0 Å². The lowest BCUT2D eigenvalue weighted by Crippen LogP contribution is -2.57. The lowest BCUT2D eigenvalue weighted by atomic mass is 10.2. The van der Waals surface area contributed by atoms with Crippen LogP contribution >= 0.6 is 35.3 Å². The summed E-state index contributed by atoms with van der Waals surface area (Å²) in [6, 6.07) is -0.0336. The first-order chi connectivity index (χ1) is 13.7. The molecular weight excluding hydrogens is 501 g/mol. The van der Waals surface area contributed by atoms with Gasteiger partial charge in [0, 0.05) is 64.1 Å². The summed E-state index contributed by atoms with van der Waals surface area (Å²) in [5.41, 5.74) is 1.01. The number of aliphatic imine (C=N–C) groups is 1. The number of hydrogen-bond donors (Lipinski definition) is 1. The van der Waals surface area contributed by atoms with E-state index in [1.807, 2.05) is 34.8 Å². The number of guanidine groups is 1. The number of imidazole rings is 1. The highest BCUT2D eigenvalue weighted by atomic mass is 127. The van der Waals surface area contributed by atoms with Crippen molar-refractivity contribution in [3.63, 3.8) is 0 Å². The van der Waals surface area contributed by atoms with Gasteiger partial charge < -0.3 is 15.1 Å². The molecule has 0 saturated carbocycles. The molecule has 4 heterocycles. The van der Waals surface area contributed by atoms with Crippen LogP contribution < -0.4 is 5.32 Å². The van der Waals surface area contributed by atoms with Gasteiger partial charge in [-0.25, -0.2) is 4.98 Å². The molecule has 0 aromatic carbocycles. The van der Waals surface area contributed by atoms with Gasteiger partial charge in [0.1, 0.15) is 0 Å². The lowest BCUT2D eigenvalue weighted by molar-refractivity contribution is -0.135. The molecule has 10 heteroatoms. The van der Waals surface area contributed by atoms with Crippen molar-refractivity contribution in [1.29, 1.82) is 0 Å². The molecule has 4 rings (SSSR count). The number of carbonyl (C=O) groups excluding carboxylic acids is 1. The Balaban J connectivity index is 0.00000240. The van der Waals surface area contributed by atoms with Crippen molar-refractivity contribution in [2.24, 2.45) is 4.99 Å². The van der Waals surface area contributed by atoms with E-state index < -0.39 is 0 Å². The Labute approximate surface area is 193 Å². The summed E-state index contributed by atoms with van der Waals surface area (Å²) < 4.78 is 2.04. The van der Waals surface area contributed by atoms with E-state index in [1.54, 1.807) is 11.3 Å². The Kier molecular flexibility index (Phi) is 7.74. The van der Waals surface area contributed by atoms with E-state index in [2.05, 4.69) is 31.3 Å². The van der Waals surface area contributed by atoms with E-state index in [1.165, 1.54) is 0 Å². The van der Waals surface area contributed by atoms with Crippen LogP contribution in [0.3, 0.4) is 0 Å². The third-order valence-electron chi connectivity index (χ3n) is 5.72. The Morgan fingerprint density at radius 3 is 2.59 bits per heavy atom. The fraction of sp³-hybridized carbons (Fsp3) is 0.632. The SMILES string of the molecule is CN=C(NCc1cn2ccsc2n1)N1CCN(C(C)C(=O)N2CCCC2)CC1.I. The highest BCUT2D eigenvalue weighted by Crippen LogP contribution is 2.14. The van der Waals surface area contributed by atoms with Crippen molar-refractivity contribution < 1.29 is 4.79 Å². The second-order valence-electron chi connectivity index (χ2n) is 7.46. The van der Waals surface area contributed by atoms with Gasteiger partial charge in [0.05, 0.1) is 18.3 Å². The molecule has 0 radical (unpaired) electrons. The molecule has 1 unspecified atom stereocenters. The van der Waals surface area contributed by atoms with Crippen LogP contribution in [0.15, 0.2) is 22.8 Å². The number of thiazole rings is 1. The largest absolute Gasteiger partial charge is 0.351 e. The minimum absolute atomic E-state index is 0. The molecule has 160 valence electrons. The predicted octanol–water partition coefficient (Wildman–Crippen LogP) is 1.72. The number of carbonyl (C=O) groups is 1.